The fourth-order valence-corrected chi connectivity index (χ4v) is 1.15. The van der Waals surface area contributed by atoms with Gasteiger partial charge in [-0.3, -0.25) is 0 Å². The zero-order valence-corrected chi connectivity index (χ0v) is 6.97. The molecule has 0 aliphatic carbocycles. The first-order valence-corrected chi connectivity index (χ1v) is 3.96. The summed E-state index contributed by atoms with van der Waals surface area (Å²) in [6.45, 7) is 0. The molecule has 1 unspecified atom stereocenters. The van der Waals surface area contributed by atoms with Crippen LogP contribution in [-0.4, -0.2) is 0 Å². The molecule has 1 aromatic carbocycles. The minimum Gasteiger partial charge on any atom is -0.784 e. The van der Waals surface area contributed by atoms with Crippen LogP contribution >= 0.6 is 0 Å². The van der Waals surface area contributed by atoms with Crippen LogP contribution in [0.3, 0.4) is 0 Å². The minimum absolute atomic E-state index is 0.0706. The van der Waals surface area contributed by atoms with Crippen LogP contribution in [0.25, 0.3) is 0 Å². The standard InChI is InChI=1S/C10H10S/c1-2-6-10(11)9-7-4-3-5-8-9/h1,3-5,7-8,10-11H,6H2/p-1. The van der Waals surface area contributed by atoms with Crippen molar-refractivity contribution in [3.63, 3.8) is 0 Å². The highest BCUT2D eigenvalue weighted by Crippen LogP contribution is 2.15. The third kappa shape index (κ3) is 2.32. The van der Waals surface area contributed by atoms with Crippen molar-refractivity contribution >= 4 is 12.6 Å². The average molecular weight is 161 g/mol. The normalized spacial score (nSPS) is 12.0. The molecular weight excluding hydrogens is 152 g/mol. The predicted octanol–water partition coefficient (Wildman–Crippen LogP) is 2.30. The first kappa shape index (κ1) is 8.23. The average Bonchev–Trinajstić information content (AvgIpc) is 2.07. The maximum atomic E-state index is 5.16. The first-order chi connectivity index (χ1) is 5.34. The van der Waals surface area contributed by atoms with E-state index in [9.17, 15) is 0 Å². The van der Waals surface area contributed by atoms with E-state index in [1.807, 2.05) is 30.3 Å². The topological polar surface area (TPSA) is 0 Å². The molecule has 0 N–H and O–H groups in total. The Morgan fingerprint density at radius 3 is 2.55 bits per heavy atom. The van der Waals surface area contributed by atoms with Crippen molar-refractivity contribution in [1.29, 1.82) is 0 Å². The highest BCUT2D eigenvalue weighted by atomic mass is 32.1. The Balaban J connectivity index is 2.70. The molecule has 1 rings (SSSR count). The van der Waals surface area contributed by atoms with E-state index in [4.69, 9.17) is 19.1 Å². The Bertz CT molecular complexity index is 245. The molecule has 0 aromatic heterocycles. The molecule has 0 fully saturated rings. The highest BCUT2D eigenvalue weighted by Gasteiger charge is 1.92. The van der Waals surface area contributed by atoms with E-state index in [1.165, 1.54) is 0 Å². The third-order valence-electron chi connectivity index (χ3n) is 1.47. The summed E-state index contributed by atoms with van der Waals surface area (Å²) >= 11 is 5.16. The van der Waals surface area contributed by atoms with Crippen molar-refractivity contribution in [1.82, 2.24) is 0 Å². The van der Waals surface area contributed by atoms with Crippen LogP contribution in [0.1, 0.15) is 17.2 Å². The third-order valence-corrected chi connectivity index (χ3v) is 1.91. The van der Waals surface area contributed by atoms with Crippen LogP contribution in [0.2, 0.25) is 0 Å². The Morgan fingerprint density at radius 1 is 1.36 bits per heavy atom. The summed E-state index contributed by atoms with van der Waals surface area (Å²) in [4.78, 5) is 0. The summed E-state index contributed by atoms with van der Waals surface area (Å²) in [6.07, 6.45) is 5.79. The van der Waals surface area contributed by atoms with Crippen LogP contribution in [0.15, 0.2) is 30.3 Å². The zero-order valence-electron chi connectivity index (χ0n) is 6.16. The zero-order chi connectivity index (χ0) is 8.10. The van der Waals surface area contributed by atoms with Gasteiger partial charge in [-0.25, -0.2) is 0 Å². The lowest BCUT2D eigenvalue weighted by Gasteiger charge is -2.19. The van der Waals surface area contributed by atoms with Crippen LogP contribution < -0.4 is 0 Å². The molecule has 0 spiro atoms. The van der Waals surface area contributed by atoms with Gasteiger partial charge >= 0.3 is 0 Å². The Hall–Kier alpha value is -0.870. The molecule has 0 bridgehead atoms. The molecule has 56 valence electrons. The van der Waals surface area contributed by atoms with E-state index in [1.54, 1.807) is 0 Å². The fraction of sp³-hybridized carbons (Fsp3) is 0.200. The summed E-state index contributed by atoms with van der Waals surface area (Å²) in [5.74, 6) is 2.56. The van der Waals surface area contributed by atoms with Crippen molar-refractivity contribution in [2.75, 3.05) is 0 Å². The van der Waals surface area contributed by atoms with E-state index in [0.717, 1.165) is 5.56 Å². The van der Waals surface area contributed by atoms with Crippen molar-refractivity contribution in [3.05, 3.63) is 35.9 Å². The molecule has 0 amide bonds. The molecule has 11 heavy (non-hydrogen) atoms. The van der Waals surface area contributed by atoms with Gasteiger partial charge in [-0.05, 0) is 6.42 Å². The Morgan fingerprint density at radius 2 is 2.00 bits per heavy atom. The molecule has 0 heterocycles. The smallest absolute Gasteiger partial charge is 0.00658 e. The fourth-order valence-electron chi connectivity index (χ4n) is 0.893. The number of benzene rings is 1. The number of rotatable bonds is 2. The lowest BCUT2D eigenvalue weighted by atomic mass is 10.1. The van der Waals surface area contributed by atoms with Crippen LogP contribution in [-0.2, 0) is 12.6 Å². The molecule has 0 aliphatic rings. The summed E-state index contributed by atoms with van der Waals surface area (Å²) < 4.78 is 0. The largest absolute Gasteiger partial charge is 0.784 e. The second kappa shape index (κ2) is 4.10. The minimum atomic E-state index is 0.0706. The lowest BCUT2D eigenvalue weighted by Crippen LogP contribution is -1.91. The van der Waals surface area contributed by atoms with E-state index >= 15 is 0 Å². The predicted molar refractivity (Wildman–Crippen MR) is 50.0 cm³/mol. The maximum absolute atomic E-state index is 5.16. The summed E-state index contributed by atoms with van der Waals surface area (Å²) in [5, 5.41) is 0.0706. The molecule has 0 radical (unpaired) electrons. The number of terminal acetylenes is 1. The number of hydrogen-bond donors (Lipinski definition) is 0. The summed E-state index contributed by atoms with van der Waals surface area (Å²) in [5.41, 5.74) is 1.14. The van der Waals surface area contributed by atoms with Gasteiger partial charge in [-0.2, -0.15) is 0 Å². The van der Waals surface area contributed by atoms with Gasteiger partial charge in [0, 0.05) is 0 Å². The van der Waals surface area contributed by atoms with Crippen molar-refractivity contribution < 1.29 is 0 Å². The van der Waals surface area contributed by atoms with E-state index < -0.39 is 0 Å². The number of hydrogen-bond acceptors (Lipinski definition) is 1. The molecular formula is C10H9S-. The van der Waals surface area contributed by atoms with Gasteiger partial charge in [0.05, 0.1) is 0 Å². The lowest BCUT2D eigenvalue weighted by molar-refractivity contribution is 1.00. The summed E-state index contributed by atoms with van der Waals surface area (Å²) in [7, 11) is 0. The molecule has 1 atom stereocenters. The van der Waals surface area contributed by atoms with Crippen molar-refractivity contribution in [2.45, 2.75) is 11.7 Å². The van der Waals surface area contributed by atoms with Gasteiger partial charge in [-0.15, -0.1) is 17.6 Å². The van der Waals surface area contributed by atoms with E-state index in [0.29, 0.717) is 6.42 Å². The quantitative estimate of drug-likeness (QED) is 0.474. The van der Waals surface area contributed by atoms with Crippen LogP contribution in [0.5, 0.6) is 0 Å². The van der Waals surface area contributed by atoms with Gasteiger partial charge in [-0.1, -0.05) is 35.9 Å². The Labute approximate surface area is 73.0 Å². The monoisotopic (exact) mass is 161 g/mol. The van der Waals surface area contributed by atoms with Gasteiger partial charge < -0.3 is 12.6 Å². The Kier molecular flexibility index (Phi) is 3.07. The SMILES string of the molecule is C#CCC([S-])c1ccccc1. The van der Waals surface area contributed by atoms with Crippen LogP contribution in [0.4, 0.5) is 0 Å². The molecule has 1 heteroatoms. The summed E-state index contributed by atoms with van der Waals surface area (Å²) in [6, 6.07) is 9.95. The second-order valence-corrected chi connectivity index (χ2v) is 2.88. The molecule has 0 saturated carbocycles. The van der Waals surface area contributed by atoms with Crippen LogP contribution in [0, 0.1) is 12.3 Å². The van der Waals surface area contributed by atoms with Crippen molar-refractivity contribution in [2.24, 2.45) is 0 Å². The maximum Gasteiger partial charge on any atom is -0.00658 e. The van der Waals surface area contributed by atoms with Gasteiger partial charge in [0.25, 0.3) is 0 Å². The first-order valence-electron chi connectivity index (χ1n) is 3.49. The second-order valence-electron chi connectivity index (χ2n) is 2.31. The van der Waals surface area contributed by atoms with Gasteiger partial charge in [0.15, 0.2) is 0 Å². The van der Waals surface area contributed by atoms with Crippen molar-refractivity contribution in [3.8, 4) is 12.3 Å². The molecule has 0 aliphatic heterocycles. The van der Waals surface area contributed by atoms with Gasteiger partial charge in [0.1, 0.15) is 0 Å². The van der Waals surface area contributed by atoms with E-state index in [-0.39, 0.29) is 5.25 Å². The van der Waals surface area contributed by atoms with Gasteiger partial charge in [0.2, 0.25) is 0 Å². The van der Waals surface area contributed by atoms with E-state index in [2.05, 4.69) is 5.92 Å². The highest BCUT2D eigenvalue weighted by molar-refractivity contribution is 7.59. The molecule has 1 aromatic rings. The molecule has 0 nitrogen and oxygen atoms in total. The molecule has 0 saturated heterocycles.